The number of nitrogens with zero attached hydrogens (tertiary/aromatic N) is 4. The van der Waals surface area contributed by atoms with Crippen LogP contribution in [-0.4, -0.2) is 71.3 Å². The molecule has 7 rings (SSSR count). The Bertz CT molecular complexity index is 1710. The summed E-state index contributed by atoms with van der Waals surface area (Å²) < 4.78 is 12.3. The first-order valence-corrected chi connectivity index (χ1v) is 17.9. The summed E-state index contributed by atoms with van der Waals surface area (Å²) in [5.41, 5.74) is 2.98. The van der Waals surface area contributed by atoms with E-state index in [2.05, 4.69) is 70.2 Å². The number of carbonyl (C=O) groups excluding carboxylic acids is 1. The van der Waals surface area contributed by atoms with Crippen LogP contribution in [0.25, 0.3) is 0 Å². The first-order valence-electron chi connectivity index (χ1n) is 17.9. The van der Waals surface area contributed by atoms with Crippen molar-refractivity contribution < 1.29 is 19.1 Å². The van der Waals surface area contributed by atoms with Gasteiger partial charge in [-0.15, -0.1) is 0 Å². The van der Waals surface area contributed by atoms with Gasteiger partial charge in [0.25, 0.3) is 0 Å². The van der Waals surface area contributed by atoms with Crippen LogP contribution >= 0.6 is 0 Å². The van der Waals surface area contributed by atoms with Crippen LogP contribution < -0.4 is 20.4 Å². The smallest absolute Gasteiger partial charge is 0.247 e. The fourth-order valence-corrected chi connectivity index (χ4v) is 7.63. The summed E-state index contributed by atoms with van der Waals surface area (Å²) in [6.07, 6.45) is 20.7. The number of ether oxygens (including phenoxy) is 2. The summed E-state index contributed by atoms with van der Waals surface area (Å²) in [6, 6.07) is 12.8. The number of anilines is 2. The van der Waals surface area contributed by atoms with E-state index in [1.54, 1.807) is 13.4 Å². The lowest BCUT2D eigenvalue weighted by molar-refractivity contribution is -0.115. The molecular weight excluding hydrogens is 628 g/mol. The van der Waals surface area contributed by atoms with Gasteiger partial charge in [0.15, 0.2) is 5.82 Å². The third-order valence-corrected chi connectivity index (χ3v) is 10.5. The van der Waals surface area contributed by atoms with Crippen molar-refractivity contribution in [1.82, 2.24) is 20.2 Å². The number of hydrogen-bond donors (Lipinski definition) is 2. The molecule has 2 aliphatic heterocycles. The van der Waals surface area contributed by atoms with Crippen LogP contribution in [0.3, 0.4) is 0 Å². The Kier molecular flexibility index (Phi) is 10.3. The SMILES string of the molecule is C=CC(=O)NC1=CC(Nc2cc(N3OCC[C@@H]3C3C=CC=C(Oc4ccccc4)C3C)ncn2)C(OC)C=C1C1=CC[C@H](C)N(C2CC2)CC1. The number of para-hydroxylation sites is 1. The van der Waals surface area contributed by atoms with Crippen LogP contribution in [-0.2, 0) is 14.4 Å². The molecule has 50 heavy (non-hydrogen) atoms. The minimum atomic E-state index is -0.306. The van der Waals surface area contributed by atoms with Crippen LogP contribution in [0.5, 0.6) is 5.75 Å². The molecule has 4 unspecified atom stereocenters. The number of hydrogen-bond acceptors (Lipinski definition) is 9. The number of carbonyl (C=O) groups is 1. The van der Waals surface area contributed by atoms with Crippen molar-refractivity contribution in [3.05, 3.63) is 114 Å². The molecule has 0 spiro atoms. The monoisotopic (exact) mass is 676 g/mol. The number of amides is 1. The first kappa shape index (κ1) is 34.0. The molecule has 2 aromatic rings. The lowest BCUT2D eigenvalue weighted by Crippen LogP contribution is -2.39. The molecule has 10 nitrogen and oxygen atoms in total. The molecule has 0 radical (unpaired) electrons. The minimum absolute atomic E-state index is 0.0611. The number of aromatic nitrogens is 2. The lowest BCUT2D eigenvalue weighted by atomic mass is 9.81. The zero-order valence-corrected chi connectivity index (χ0v) is 29.2. The van der Waals surface area contributed by atoms with Gasteiger partial charge in [-0.1, -0.05) is 49.9 Å². The highest BCUT2D eigenvalue weighted by molar-refractivity contribution is 5.89. The molecule has 1 saturated heterocycles. The van der Waals surface area contributed by atoms with Gasteiger partial charge in [0.1, 0.15) is 23.7 Å². The maximum atomic E-state index is 12.6. The summed E-state index contributed by atoms with van der Waals surface area (Å²) in [5.74, 6) is 3.10. The molecule has 3 aliphatic carbocycles. The van der Waals surface area contributed by atoms with Crippen molar-refractivity contribution in [3.63, 3.8) is 0 Å². The van der Waals surface area contributed by atoms with E-state index >= 15 is 0 Å². The van der Waals surface area contributed by atoms with E-state index in [1.165, 1.54) is 24.5 Å². The largest absolute Gasteiger partial charge is 0.461 e. The molecule has 2 fully saturated rings. The van der Waals surface area contributed by atoms with E-state index in [9.17, 15) is 4.79 Å². The van der Waals surface area contributed by atoms with Crippen molar-refractivity contribution in [2.24, 2.45) is 11.8 Å². The van der Waals surface area contributed by atoms with Gasteiger partial charge in [-0.05, 0) is 86.6 Å². The van der Waals surface area contributed by atoms with Crippen LogP contribution in [0.4, 0.5) is 11.6 Å². The normalized spacial score (nSPS) is 28.5. The lowest BCUT2D eigenvalue weighted by Gasteiger charge is -2.34. The van der Waals surface area contributed by atoms with Gasteiger partial charge in [0.05, 0.1) is 24.8 Å². The Balaban J connectivity index is 1.08. The van der Waals surface area contributed by atoms with E-state index in [0.717, 1.165) is 48.6 Å². The third kappa shape index (κ3) is 7.47. The number of nitrogens with one attached hydrogen (secondary N) is 2. The molecule has 0 bridgehead atoms. The Labute approximate surface area is 295 Å². The zero-order valence-electron chi connectivity index (χ0n) is 29.2. The molecule has 1 amide bonds. The molecule has 262 valence electrons. The van der Waals surface area contributed by atoms with Crippen molar-refractivity contribution in [2.75, 3.05) is 30.6 Å². The maximum absolute atomic E-state index is 12.6. The highest BCUT2D eigenvalue weighted by atomic mass is 16.7. The van der Waals surface area contributed by atoms with E-state index < -0.39 is 0 Å². The Morgan fingerprint density at radius 3 is 2.74 bits per heavy atom. The van der Waals surface area contributed by atoms with Crippen LogP contribution in [0, 0.1) is 11.8 Å². The van der Waals surface area contributed by atoms with E-state index in [4.69, 9.17) is 14.3 Å². The maximum Gasteiger partial charge on any atom is 0.247 e. The molecule has 2 N–H and O–H groups in total. The average Bonchev–Trinajstić information content (AvgIpc) is 3.89. The Morgan fingerprint density at radius 2 is 1.96 bits per heavy atom. The number of allylic oxidation sites excluding steroid dienone is 4. The number of rotatable bonds is 11. The van der Waals surface area contributed by atoms with Gasteiger partial charge in [-0.2, -0.15) is 0 Å². The summed E-state index contributed by atoms with van der Waals surface area (Å²) >= 11 is 0. The second-order valence-electron chi connectivity index (χ2n) is 13.8. The van der Waals surface area contributed by atoms with Crippen molar-refractivity contribution >= 4 is 17.5 Å². The Morgan fingerprint density at radius 1 is 1.12 bits per heavy atom. The van der Waals surface area contributed by atoms with E-state index in [0.29, 0.717) is 30.3 Å². The summed E-state index contributed by atoms with van der Waals surface area (Å²) in [7, 11) is 1.71. The van der Waals surface area contributed by atoms with E-state index in [1.807, 2.05) is 53.6 Å². The minimum Gasteiger partial charge on any atom is -0.461 e. The highest BCUT2D eigenvalue weighted by Gasteiger charge is 2.39. The standard InChI is InChI=1S/C40H48N6O4/c1-5-40(47)44-33-23-34(37(48-4)22-32(33)28-15-14-26(2)45(20-18-28)29-16-17-29)43-38-24-39(42-25-41-38)46-35(19-21-49-46)31-12-9-13-36(27(31)3)50-30-10-7-6-8-11-30/h5-13,15,22-27,29,31,34-35,37H,1,14,16-21H2,2-4H3,(H,44,47)(H,41,42,43)/t26-,27?,31?,34?,35+,37?/m0/s1. The quantitative estimate of drug-likeness (QED) is 0.267. The van der Waals surface area contributed by atoms with Crippen molar-refractivity contribution in [3.8, 4) is 5.75 Å². The van der Waals surface area contributed by atoms with Crippen molar-refractivity contribution in [1.29, 1.82) is 0 Å². The summed E-state index contributed by atoms with van der Waals surface area (Å²) in [5, 5.41) is 8.55. The van der Waals surface area contributed by atoms with E-state index in [-0.39, 0.29) is 35.9 Å². The zero-order chi connectivity index (χ0) is 34.6. The molecule has 5 aliphatic rings. The predicted octanol–water partition coefficient (Wildman–Crippen LogP) is 6.27. The molecule has 3 heterocycles. The fourth-order valence-electron chi connectivity index (χ4n) is 7.63. The fraction of sp³-hybridized carbons (Fsp3) is 0.425. The summed E-state index contributed by atoms with van der Waals surface area (Å²) in [6.45, 7) is 9.80. The average molecular weight is 677 g/mol. The van der Waals surface area contributed by atoms with Gasteiger partial charge >= 0.3 is 0 Å². The molecule has 10 heteroatoms. The number of hydroxylamine groups is 1. The highest BCUT2D eigenvalue weighted by Crippen LogP contribution is 2.39. The Hall–Kier alpha value is -4.51. The van der Waals surface area contributed by atoms with Crippen LogP contribution in [0.15, 0.2) is 114 Å². The topological polar surface area (TPSA) is 101 Å². The van der Waals surface area contributed by atoms with Gasteiger partial charge < -0.3 is 20.1 Å². The molecule has 1 aromatic carbocycles. The third-order valence-electron chi connectivity index (χ3n) is 10.5. The molecule has 6 atom stereocenters. The van der Waals surface area contributed by atoms with Crippen LogP contribution in [0.1, 0.15) is 46.0 Å². The number of benzene rings is 1. The molecule has 1 saturated carbocycles. The predicted molar refractivity (Wildman–Crippen MR) is 195 cm³/mol. The van der Waals surface area contributed by atoms with Gasteiger partial charge in [-0.3, -0.25) is 14.5 Å². The first-order chi connectivity index (χ1) is 24.4. The van der Waals surface area contributed by atoms with Crippen LogP contribution in [0.2, 0.25) is 0 Å². The van der Waals surface area contributed by atoms with Gasteiger partial charge in [0, 0.05) is 49.3 Å². The second kappa shape index (κ2) is 15.2. The summed E-state index contributed by atoms with van der Waals surface area (Å²) in [4.78, 5) is 30.7. The molecular formula is C40H48N6O4. The second-order valence-corrected chi connectivity index (χ2v) is 13.8. The van der Waals surface area contributed by atoms with Crippen molar-refractivity contribution in [2.45, 2.75) is 76.2 Å². The molecule has 1 aromatic heterocycles. The number of methoxy groups -OCH3 is 1. The van der Waals surface area contributed by atoms with Gasteiger partial charge in [-0.25, -0.2) is 15.0 Å². The van der Waals surface area contributed by atoms with Gasteiger partial charge in [0.2, 0.25) is 5.91 Å².